The van der Waals surface area contributed by atoms with Gasteiger partial charge in [0.05, 0.1) is 25.9 Å². The Morgan fingerprint density at radius 3 is 1.95 bits per heavy atom. The number of aliphatic hydroxyl groups excluding tert-OH is 1. The van der Waals surface area contributed by atoms with Crippen LogP contribution < -0.4 is 0 Å². The van der Waals surface area contributed by atoms with Crippen LogP contribution in [0.4, 0.5) is 9.59 Å². The molecule has 1 N–H and O–H groups in total. The van der Waals surface area contributed by atoms with Crippen LogP contribution in [0.1, 0.15) is 59.9 Å². The molecule has 3 rings (SSSR count). The Morgan fingerprint density at radius 2 is 1.44 bits per heavy atom. The normalized spacial score (nSPS) is 22.4. The van der Waals surface area contributed by atoms with Crippen LogP contribution in [0, 0.1) is 0 Å². The molecule has 0 aliphatic carbocycles. The number of nitrogens with zero attached hydrogens (tertiary/aromatic N) is 2. The van der Waals surface area contributed by atoms with E-state index in [2.05, 4.69) is 0 Å². The number of carbonyl (C=O) groups excluding carboxylic acids is 4. The van der Waals surface area contributed by atoms with Gasteiger partial charge >= 0.3 is 24.1 Å². The molecule has 0 aromatic heterocycles. The monoisotopic (exact) mass is 580 g/mol. The van der Waals surface area contributed by atoms with Crippen molar-refractivity contribution in [3.63, 3.8) is 0 Å². The van der Waals surface area contributed by atoms with E-state index in [0.29, 0.717) is 19.4 Å². The molecule has 0 saturated carbocycles. The molecular weight excluding hydrogens is 536 g/mol. The fourth-order valence-corrected chi connectivity index (χ4v) is 4.25. The van der Waals surface area contributed by atoms with Crippen molar-refractivity contribution in [1.29, 1.82) is 0 Å². The van der Waals surface area contributed by atoms with Gasteiger partial charge < -0.3 is 28.8 Å². The standard InChI is InChI=1S/C17H23NO5.C12H21NO5/c1-17(2,3)23-16(21)18-10-9-13(19)14(18)15(20)22-11-12-7-5-4-6-8-12;1-12(2,3)18-11(15)13-7-8(16-4)6-9(13)10(14)17-5/h4-8,13-14,19H,9-11H2,1-3H3;8-9H,6-7H2,1-5H3/t13-,14+;8-,9+/m11/s1. The number of hydrogen-bond acceptors (Lipinski definition) is 10. The van der Waals surface area contributed by atoms with Crippen molar-refractivity contribution in [1.82, 2.24) is 9.80 Å². The number of likely N-dealkylation sites (tertiary alicyclic amines) is 2. The van der Waals surface area contributed by atoms with Crippen molar-refractivity contribution in [3.05, 3.63) is 35.9 Å². The van der Waals surface area contributed by atoms with Gasteiger partial charge in [0.1, 0.15) is 23.9 Å². The second-order valence-electron chi connectivity index (χ2n) is 11.8. The van der Waals surface area contributed by atoms with Crippen LogP contribution >= 0.6 is 0 Å². The summed E-state index contributed by atoms with van der Waals surface area (Å²) in [5.74, 6) is -1.06. The van der Waals surface area contributed by atoms with Crippen LogP contribution in [0.3, 0.4) is 0 Å². The minimum Gasteiger partial charge on any atom is -0.467 e. The van der Waals surface area contributed by atoms with E-state index >= 15 is 0 Å². The highest BCUT2D eigenvalue weighted by molar-refractivity contribution is 5.83. The van der Waals surface area contributed by atoms with Gasteiger partial charge in [0.15, 0.2) is 6.04 Å². The summed E-state index contributed by atoms with van der Waals surface area (Å²) in [5, 5.41) is 10.0. The van der Waals surface area contributed by atoms with Crippen LogP contribution in [0.15, 0.2) is 30.3 Å². The lowest BCUT2D eigenvalue weighted by atomic mass is 10.1. The summed E-state index contributed by atoms with van der Waals surface area (Å²) in [6.45, 7) is 11.3. The lowest BCUT2D eigenvalue weighted by molar-refractivity contribution is -0.153. The van der Waals surface area contributed by atoms with Crippen LogP contribution in [-0.2, 0) is 39.9 Å². The van der Waals surface area contributed by atoms with E-state index in [-0.39, 0.29) is 19.3 Å². The maximum atomic E-state index is 12.3. The van der Waals surface area contributed by atoms with Crippen molar-refractivity contribution in [2.24, 2.45) is 0 Å². The molecule has 1 aromatic carbocycles. The molecule has 4 atom stereocenters. The molecule has 1 aromatic rings. The Balaban J connectivity index is 0.000000296. The van der Waals surface area contributed by atoms with Gasteiger partial charge in [0.25, 0.3) is 0 Å². The highest BCUT2D eigenvalue weighted by atomic mass is 16.6. The first-order chi connectivity index (χ1) is 19.1. The lowest BCUT2D eigenvalue weighted by Crippen LogP contribution is -2.47. The average Bonchev–Trinajstić information content (AvgIpc) is 3.50. The molecule has 2 amide bonds. The van der Waals surface area contributed by atoms with E-state index in [4.69, 9.17) is 23.7 Å². The number of rotatable bonds is 5. The summed E-state index contributed by atoms with van der Waals surface area (Å²) in [6.07, 6.45) is -1.48. The molecule has 2 heterocycles. The Hall–Kier alpha value is -3.38. The third-order valence-electron chi connectivity index (χ3n) is 6.16. The maximum Gasteiger partial charge on any atom is 0.411 e. The molecule has 2 fully saturated rings. The summed E-state index contributed by atoms with van der Waals surface area (Å²) >= 11 is 0. The maximum absolute atomic E-state index is 12.3. The number of hydrogen-bond donors (Lipinski definition) is 1. The molecule has 2 aliphatic rings. The molecule has 0 bridgehead atoms. The van der Waals surface area contributed by atoms with E-state index in [1.54, 1.807) is 48.7 Å². The van der Waals surface area contributed by atoms with E-state index in [0.717, 1.165) is 5.56 Å². The largest absolute Gasteiger partial charge is 0.467 e. The predicted octanol–water partition coefficient (Wildman–Crippen LogP) is 3.28. The number of methoxy groups -OCH3 is 2. The molecule has 0 radical (unpaired) electrons. The second-order valence-corrected chi connectivity index (χ2v) is 11.8. The third kappa shape index (κ3) is 10.5. The zero-order chi connectivity index (χ0) is 31.0. The number of aliphatic hydroxyl groups is 1. The highest BCUT2D eigenvalue weighted by Crippen LogP contribution is 2.24. The fourth-order valence-electron chi connectivity index (χ4n) is 4.25. The van der Waals surface area contributed by atoms with Crippen molar-refractivity contribution in [2.45, 2.75) is 96.5 Å². The molecule has 0 unspecified atom stereocenters. The zero-order valence-electron chi connectivity index (χ0n) is 25.2. The Bertz CT molecular complexity index is 1030. The molecule has 2 saturated heterocycles. The topological polar surface area (TPSA) is 141 Å². The molecule has 230 valence electrons. The van der Waals surface area contributed by atoms with Crippen molar-refractivity contribution < 1.29 is 48.0 Å². The van der Waals surface area contributed by atoms with Gasteiger partial charge in [0, 0.05) is 20.1 Å². The summed E-state index contributed by atoms with van der Waals surface area (Å²) in [5.41, 5.74) is -0.413. The van der Waals surface area contributed by atoms with Crippen molar-refractivity contribution in [3.8, 4) is 0 Å². The van der Waals surface area contributed by atoms with E-state index < -0.39 is 53.5 Å². The minimum absolute atomic E-state index is 0.102. The van der Waals surface area contributed by atoms with Gasteiger partial charge in [-0.05, 0) is 53.5 Å². The first-order valence-electron chi connectivity index (χ1n) is 13.5. The number of benzene rings is 1. The van der Waals surface area contributed by atoms with E-state index in [1.165, 1.54) is 16.9 Å². The number of carbonyl (C=O) groups is 4. The Kier molecular flexibility index (Phi) is 12.0. The van der Waals surface area contributed by atoms with Crippen molar-refractivity contribution in [2.75, 3.05) is 27.3 Å². The average molecular weight is 581 g/mol. The van der Waals surface area contributed by atoms with Gasteiger partial charge in [0.2, 0.25) is 0 Å². The molecule has 12 nitrogen and oxygen atoms in total. The lowest BCUT2D eigenvalue weighted by Gasteiger charge is -2.28. The van der Waals surface area contributed by atoms with Crippen LogP contribution in [0.25, 0.3) is 0 Å². The Morgan fingerprint density at radius 1 is 0.878 bits per heavy atom. The number of esters is 2. The molecule has 41 heavy (non-hydrogen) atoms. The van der Waals surface area contributed by atoms with Gasteiger partial charge in [-0.3, -0.25) is 9.80 Å². The fraction of sp³-hybridized carbons (Fsp3) is 0.655. The van der Waals surface area contributed by atoms with Crippen molar-refractivity contribution >= 4 is 24.1 Å². The van der Waals surface area contributed by atoms with Gasteiger partial charge in [-0.2, -0.15) is 0 Å². The minimum atomic E-state index is -1.02. The van der Waals surface area contributed by atoms with Gasteiger partial charge in [-0.15, -0.1) is 0 Å². The van der Waals surface area contributed by atoms with Crippen LogP contribution in [0.5, 0.6) is 0 Å². The smallest absolute Gasteiger partial charge is 0.411 e. The van der Waals surface area contributed by atoms with Gasteiger partial charge in [-0.25, -0.2) is 19.2 Å². The first kappa shape index (κ1) is 33.8. The second kappa shape index (κ2) is 14.5. The van der Waals surface area contributed by atoms with Gasteiger partial charge in [-0.1, -0.05) is 30.3 Å². The summed E-state index contributed by atoms with van der Waals surface area (Å²) < 4.78 is 25.7. The molecule has 0 spiro atoms. The number of amides is 2. The highest BCUT2D eigenvalue weighted by Gasteiger charge is 2.44. The number of ether oxygens (including phenoxy) is 5. The summed E-state index contributed by atoms with van der Waals surface area (Å²) in [6, 6.07) is 7.59. The third-order valence-corrected chi connectivity index (χ3v) is 6.16. The first-order valence-corrected chi connectivity index (χ1v) is 13.5. The Labute approximate surface area is 241 Å². The molecular formula is C29H44N2O10. The summed E-state index contributed by atoms with van der Waals surface area (Å²) in [4.78, 5) is 50.7. The predicted molar refractivity (Wildman–Crippen MR) is 148 cm³/mol. The molecule has 2 aliphatic heterocycles. The van der Waals surface area contributed by atoms with E-state index in [1.807, 2.05) is 30.3 Å². The van der Waals surface area contributed by atoms with Crippen LogP contribution in [0.2, 0.25) is 0 Å². The van der Waals surface area contributed by atoms with E-state index in [9.17, 15) is 24.3 Å². The zero-order valence-corrected chi connectivity index (χ0v) is 25.2. The SMILES string of the molecule is CC(C)(C)OC(=O)N1CC[C@@H](O)[C@H]1C(=O)OCc1ccccc1.COC(=O)[C@@H]1C[C@@H](OC)CN1C(=O)OC(C)(C)C. The van der Waals surface area contributed by atoms with Crippen LogP contribution in [-0.4, -0.2) is 102 Å². The quantitative estimate of drug-likeness (QED) is 0.407. The molecule has 12 heteroatoms. The summed E-state index contributed by atoms with van der Waals surface area (Å²) in [7, 11) is 2.85.